The lowest BCUT2D eigenvalue weighted by atomic mass is 10.2. The van der Waals surface area contributed by atoms with E-state index in [0.717, 1.165) is 41.6 Å². The molecule has 1 aliphatic carbocycles. The number of hydrogen-bond donors (Lipinski definition) is 2. The van der Waals surface area contributed by atoms with Crippen molar-refractivity contribution in [3.8, 4) is 11.5 Å². The van der Waals surface area contributed by atoms with Gasteiger partial charge in [-0.15, -0.1) is 24.0 Å². The molecule has 0 spiro atoms. The van der Waals surface area contributed by atoms with E-state index in [1.54, 1.807) is 20.4 Å². The number of aromatic nitrogens is 1. The number of aliphatic imine (C=N–C) groups is 1. The average molecular weight is 496 g/mol. The van der Waals surface area contributed by atoms with Crippen LogP contribution in [0.5, 0.6) is 11.5 Å². The molecular weight excluding hydrogens is 467 g/mol. The minimum absolute atomic E-state index is 0. The van der Waals surface area contributed by atoms with Gasteiger partial charge in [0.05, 0.1) is 25.5 Å². The number of halogens is 1. The van der Waals surface area contributed by atoms with Crippen LogP contribution in [0.3, 0.4) is 0 Å². The van der Waals surface area contributed by atoms with E-state index in [9.17, 15) is 0 Å². The first-order valence-electron chi connectivity index (χ1n) is 9.46. The van der Waals surface area contributed by atoms with Crippen LogP contribution in [0.4, 0.5) is 0 Å². The van der Waals surface area contributed by atoms with Crippen molar-refractivity contribution < 1.29 is 9.47 Å². The third kappa shape index (κ3) is 6.54. The van der Waals surface area contributed by atoms with Crippen molar-refractivity contribution in [2.75, 3.05) is 14.2 Å². The minimum atomic E-state index is 0. The predicted molar refractivity (Wildman–Crippen MR) is 123 cm³/mol. The molecule has 152 valence electrons. The molecule has 2 aromatic rings. The third-order valence-corrected chi connectivity index (χ3v) is 4.67. The standard InChI is InChI=1S/C21H28N4O2.HI/c1-22-21(25-15-17-7-5-6-12-23-17)24-14-16-10-11-19(20(13-16)26-2)27-18-8-3-4-9-18;/h5-7,10-13,18H,3-4,8-9,14-15H2,1-2H3,(H2,22,24,25);1H. The second-order valence-electron chi connectivity index (χ2n) is 6.61. The number of ether oxygens (including phenoxy) is 2. The Kier molecular flexibility index (Phi) is 9.33. The first kappa shape index (κ1) is 22.3. The molecule has 0 atom stereocenters. The van der Waals surface area contributed by atoms with Crippen LogP contribution in [0.1, 0.15) is 36.9 Å². The Hall–Kier alpha value is -2.03. The quantitative estimate of drug-likeness (QED) is 0.346. The van der Waals surface area contributed by atoms with E-state index in [0.29, 0.717) is 19.2 Å². The number of hydrogen-bond acceptors (Lipinski definition) is 4. The van der Waals surface area contributed by atoms with Crippen molar-refractivity contribution in [2.24, 2.45) is 4.99 Å². The Labute approximate surface area is 184 Å². The molecule has 1 aliphatic rings. The number of rotatable bonds is 7. The molecular formula is C21H29IN4O2. The van der Waals surface area contributed by atoms with Crippen molar-refractivity contribution >= 4 is 29.9 Å². The number of methoxy groups -OCH3 is 1. The zero-order chi connectivity index (χ0) is 18.9. The summed E-state index contributed by atoms with van der Waals surface area (Å²) in [7, 11) is 3.44. The highest BCUT2D eigenvalue weighted by Gasteiger charge is 2.18. The van der Waals surface area contributed by atoms with Gasteiger partial charge in [0, 0.05) is 19.8 Å². The SMILES string of the molecule is CN=C(NCc1ccc(OC2CCCC2)c(OC)c1)NCc1ccccn1.I. The van der Waals surface area contributed by atoms with Gasteiger partial charge in [0.15, 0.2) is 17.5 Å². The highest BCUT2D eigenvalue weighted by atomic mass is 127. The van der Waals surface area contributed by atoms with Gasteiger partial charge in [-0.05, 0) is 55.5 Å². The first-order valence-corrected chi connectivity index (χ1v) is 9.46. The molecule has 1 aromatic carbocycles. The molecule has 1 saturated carbocycles. The average Bonchev–Trinajstić information content (AvgIpc) is 3.23. The maximum absolute atomic E-state index is 6.10. The monoisotopic (exact) mass is 496 g/mol. The summed E-state index contributed by atoms with van der Waals surface area (Å²) in [4.78, 5) is 8.56. The fraction of sp³-hybridized carbons (Fsp3) is 0.429. The van der Waals surface area contributed by atoms with Crippen molar-refractivity contribution in [2.45, 2.75) is 44.9 Å². The largest absolute Gasteiger partial charge is 0.493 e. The summed E-state index contributed by atoms with van der Waals surface area (Å²) in [6.45, 7) is 1.26. The number of pyridine rings is 1. The van der Waals surface area contributed by atoms with Crippen LogP contribution in [0, 0.1) is 0 Å². The van der Waals surface area contributed by atoms with E-state index in [-0.39, 0.29) is 24.0 Å². The molecule has 1 fully saturated rings. The first-order chi connectivity index (χ1) is 13.3. The Morgan fingerprint density at radius 2 is 1.89 bits per heavy atom. The summed E-state index contributed by atoms with van der Waals surface area (Å²) in [5.74, 6) is 2.33. The van der Waals surface area contributed by atoms with Gasteiger partial charge in [-0.1, -0.05) is 12.1 Å². The molecule has 0 saturated heterocycles. The van der Waals surface area contributed by atoms with Crippen molar-refractivity contribution in [3.05, 3.63) is 53.9 Å². The summed E-state index contributed by atoms with van der Waals surface area (Å²) in [6.07, 6.45) is 6.86. The van der Waals surface area contributed by atoms with E-state index < -0.39 is 0 Å². The van der Waals surface area contributed by atoms with E-state index in [1.807, 2.05) is 30.3 Å². The van der Waals surface area contributed by atoms with Crippen molar-refractivity contribution in [1.82, 2.24) is 15.6 Å². The zero-order valence-corrected chi connectivity index (χ0v) is 18.8. The highest BCUT2D eigenvalue weighted by Crippen LogP contribution is 2.32. The van der Waals surface area contributed by atoms with Crippen molar-refractivity contribution in [3.63, 3.8) is 0 Å². The third-order valence-electron chi connectivity index (χ3n) is 4.67. The van der Waals surface area contributed by atoms with Crippen LogP contribution < -0.4 is 20.1 Å². The maximum atomic E-state index is 6.10. The van der Waals surface area contributed by atoms with Crippen LogP contribution in [0.15, 0.2) is 47.6 Å². The molecule has 0 aliphatic heterocycles. The van der Waals surface area contributed by atoms with Gasteiger partial charge in [0.2, 0.25) is 0 Å². The zero-order valence-electron chi connectivity index (χ0n) is 16.5. The van der Waals surface area contributed by atoms with Gasteiger partial charge >= 0.3 is 0 Å². The predicted octanol–water partition coefficient (Wildman–Crippen LogP) is 3.89. The van der Waals surface area contributed by atoms with Gasteiger partial charge in [0.1, 0.15) is 0 Å². The Morgan fingerprint density at radius 3 is 2.57 bits per heavy atom. The molecule has 0 amide bonds. The van der Waals surface area contributed by atoms with Crippen molar-refractivity contribution in [1.29, 1.82) is 0 Å². The fourth-order valence-electron chi connectivity index (χ4n) is 3.19. The molecule has 0 radical (unpaired) electrons. The van der Waals surface area contributed by atoms with Gasteiger partial charge in [-0.3, -0.25) is 9.98 Å². The molecule has 3 rings (SSSR count). The number of benzene rings is 1. The minimum Gasteiger partial charge on any atom is -0.493 e. The Morgan fingerprint density at radius 1 is 1.11 bits per heavy atom. The summed E-state index contributed by atoms with van der Waals surface area (Å²) in [5, 5.41) is 6.58. The van der Waals surface area contributed by atoms with E-state index >= 15 is 0 Å². The summed E-state index contributed by atoms with van der Waals surface area (Å²) in [5.41, 5.74) is 2.07. The molecule has 0 bridgehead atoms. The lowest BCUT2D eigenvalue weighted by molar-refractivity contribution is 0.200. The van der Waals surface area contributed by atoms with Crippen LogP contribution in [0.2, 0.25) is 0 Å². The van der Waals surface area contributed by atoms with Crippen LogP contribution in [-0.4, -0.2) is 31.2 Å². The molecule has 2 N–H and O–H groups in total. The summed E-state index contributed by atoms with van der Waals surface area (Å²) >= 11 is 0. The topological polar surface area (TPSA) is 67.8 Å². The number of nitrogens with one attached hydrogen (secondary N) is 2. The summed E-state index contributed by atoms with van der Waals surface area (Å²) < 4.78 is 11.6. The van der Waals surface area contributed by atoms with E-state index in [2.05, 4.69) is 26.7 Å². The number of nitrogens with zero attached hydrogens (tertiary/aromatic N) is 2. The van der Waals surface area contributed by atoms with E-state index in [4.69, 9.17) is 9.47 Å². The second-order valence-corrected chi connectivity index (χ2v) is 6.61. The lowest BCUT2D eigenvalue weighted by Gasteiger charge is -2.17. The molecule has 7 heteroatoms. The van der Waals surface area contributed by atoms with Gasteiger partial charge in [-0.2, -0.15) is 0 Å². The summed E-state index contributed by atoms with van der Waals surface area (Å²) in [6, 6.07) is 11.9. The second kappa shape index (κ2) is 11.7. The van der Waals surface area contributed by atoms with E-state index in [1.165, 1.54) is 12.8 Å². The Balaban J connectivity index is 0.00000280. The van der Waals surface area contributed by atoms with Gasteiger partial charge < -0.3 is 20.1 Å². The fourth-order valence-corrected chi connectivity index (χ4v) is 3.19. The molecule has 1 aromatic heterocycles. The Bertz CT molecular complexity index is 749. The van der Waals surface area contributed by atoms with Crippen LogP contribution >= 0.6 is 24.0 Å². The lowest BCUT2D eigenvalue weighted by Crippen LogP contribution is -2.36. The molecule has 1 heterocycles. The number of guanidine groups is 1. The van der Waals surface area contributed by atoms with Crippen LogP contribution in [-0.2, 0) is 13.1 Å². The normalized spacial score (nSPS) is 14.3. The molecule has 0 unspecified atom stereocenters. The molecule has 6 nitrogen and oxygen atoms in total. The maximum Gasteiger partial charge on any atom is 0.191 e. The van der Waals surface area contributed by atoms with Gasteiger partial charge in [0.25, 0.3) is 0 Å². The highest BCUT2D eigenvalue weighted by molar-refractivity contribution is 14.0. The smallest absolute Gasteiger partial charge is 0.191 e. The van der Waals surface area contributed by atoms with Crippen LogP contribution in [0.25, 0.3) is 0 Å². The van der Waals surface area contributed by atoms with Gasteiger partial charge in [-0.25, -0.2) is 0 Å². The molecule has 28 heavy (non-hydrogen) atoms.